The summed E-state index contributed by atoms with van der Waals surface area (Å²) >= 11 is 13.4. The molecule has 3 aromatic rings. The van der Waals surface area contributed by atoms with Crippen LogP contribution in [-0.4, -0.2) is 42.0 Å². The van der Waals surface area contributed by atoms with Gasteiger partial charge in [-0.25, -0.2) is 5.01 Å². The molecular weight excluding hydrogens is 477 g/mol. The monoisotopic (exact) mass is 507 g/mol. The molecule has 0 saturated carbocycles. The van der Waals surface area contributed by atoms with Gasteiger partial charge in [0.25, 0.3) is 5.91 Å². The Morgan fingerprint density at radius 2 is 1.31 bits per heavy atom. The molecule has 0 spiro atoms. The highest BCUT2D eigenvalue weighted by Crippen LogP contribution is 2.37. The lowest BCUT2D eigenvalue weighted by Crippen LogP contribution is -2.53. The molecule has 182 valence electrons. The third-order valence-electron chi connectivity index (χ3n) is 6.36. The van der Waals surface area contributed by atoms with Crippen molar-refractivity contribution in [3.8, 4) is 0 Å². The minimum absolute atomic E-state index is 0.0181. The van der Waals surface area contributed by atoms with Crippen LogP contribution in [0.15, 0.2) is 88.9 Å². The molecule has 1 aliphatic heterocycles. The number of piperazine rings is 1. The van der Waals surface area contributed by atoms with Crippen molar-refractivity contribution in [2.24, 2.45) is 0 Å². The maximum Gasteiger partial charge on any atom is 0.278 e. The van der Waals surface area contributed by atoms with Gasteiger partial charge in [0.1, 0.15) is 5.03 Å². The average Bonchev–Trinajstić information content (AvgIpc) is 2.87. The van der Waals surface area contributed by atoms with Crippen LogP contribution in [0.1, 0.15) is 33.7 Å². The maximum atomic E-state index is 13.1. The number of carbonyl (C=O) groups excluding carboxylic acids is 1. The molecule has 0 aliphatic carbocycles. The maximum absolute atomic E-state index is 13.1. The number of hydrogen-bond acceptors (Lipinski definition) is 3. The highest BCUT2D eigenvalue weighted by Gasteiger charge is 2.26. The van der Waals surface area contributed by atoms with E-state index in [-0.39, 0.29) is 16.9 Å². The van der Waals surface area contributed by atoms with E-state index in [4.69, 9.17) is 23.2 Å². The molecule has 0 atom stereocenters. The molecule has 0 unspecified atom stereocenters. The Morgan fingerprint density at radius 3 is 1.83 bits per heavy atom. The van der Waals surface area contributed by atoms with E-state index in [9.17, 15) is 4.79 Å². The highest BCUT2D eigenvalue weighted by atomic mass is 35.5. The van der Waals surface area contributed by atoms with Crippen LogP contribution in [0, 0.1) is 13.8 Å². The second-order valence-corrected chi connectivity index (χ2v) is 9.89. The topological polar surface area (TPSA) is 35.6 Å². The molecule has 1 aliphatic rings. The first-order valence-electron chi connectivity index (χ1n) is 11.9. The van der Waals surface area contributed by atoms with E-state index in [1.165, 1.54) is 5.56 Å². The van der Waals surface area contributed by atoms with E-state index < -0.39 is 0 Å². The minimum Gasteiger partial charge on any atom is -0.296 e. The Hall–Kier alpha value is -2.63. The Labute approximate surface area is 218 Å². The number of nitrogens with one attached hydrogen (secondary N) is 1. The van der Waals surface area contributed by atoms with Gasteiger partial charge < -0.3 is 0 Å². The fourth-order valence-corrected chi connectivity index (χ4v) is 4.78. The molecule has 1 saturated heterocycles. The van der Waals surface area contributed by atoms with Crippen LogP contribution in [0.3, 0.4) is 0 Å². The summed E-state index contributed by atoms with van der Waals surface area (Å²) in [5.41, 5.74) is 8.55. The second-order valence-electron chi connectivity index (χ2n) is 9.11. The van der Waals surface area contributed by atoms with Crippen molar-refractivity contribution in [3.05, 3.63) is 117 Å². The van der Waals surface area contributed by atoms with Gasteiger partial charge in [-0.1, -0.05) is 113 Å². The number of benzene rings is 3. The highest BCUT2D eigenvalue weighted by molar-refractivity contribution is 6.48. The van der Waals surface area contributed by atoms with Crippen molar-refractivity contribution >= 4 is 29.1 Å². The number of hydrogen-bond donors (Lipinski definition) is 1. The predicted octanol–water partition coefficient (Wildman–Crippen LogP) is 5.97. The molecule has 0 bridgehead atoms. The van der Waals surface area contributed by atoms with E-state index in [0.717, 1.165) is 55.0 Å². The van der Waals surface area contributed by atoms with Gasteiger partial charge in [-0.05, 0) is 30.5 Å². The van der Waals surface area contributed by atoms with Crippen LogP contribution in [-0.2, 0) is 11.3 Å². The van der Waals surface area contributed by atoms with E-state index in [1.54, 1.807) is 0 Å². The number of allylic oxidation sites excluding steroid dienone is 1. The van der Waals surface area contributed by atoms with Gasteiger partial charge >= 0.3 is 0 Å². The summed E-state index contributed by atoms with van der Waals surface area (Å²) in [7, 11) is 0. The standard InChI is InChI=1S/C29H31Cl2N3O/c1-21-8-12-24(13-9-21)26(25-14-10-22(2)11-15-25)27(30)28(31)29(35)32-34-18-16-33(17-19-34)20-23-6-4-3-5-7-23/h3-15,26H,16-20H2,1-2H3,(H,32,35)/b28-27+. The van der Waals surface area contributed by atoms with Crippen LogP contribution in [0.25, 0.3) is 0 Å². The number of halogens is 2. The van der Waals surface area contributed by atoms with Gasteiger partial charge in [-0.2, -0.15) is 0 Å². The molecule has 0 aromatic heterocycles. The quantitative estimate of drug-likeness (QED) is 0.400. The molecule has 3 aromatic carbocycles. The predicted molar refractivity (Wildman–Crippen MR) is 144 cm³/mol. The van der Waals surface area contributed by atoms with Crippen LogP contribution in [0.5, 0.6) is 0 Å². The zero-order valence-corrected chi connectivity index (χ0v) is 21.7. The zero-order valence-electron chi connectivity index (χ0n) is 20.2. The first kappa shape index (κ1) is 25.5. The fourth-order valence-electron chi connectivity index (χ4n) is 4.29. The molecule has 35 heavy (non-hydrogen) atoms. The number of rotatable bonds is 7. The second kappa shape index (κ2) is 11.9. The molecule has 1 N–H and O–H groups in total. The molecule has 1 amide bonds. The zero-order chi connectivity index (χ0) is 24.8. The van der Waals surface area contributed by atoms with Crippen LogP contribution >= 0.6 is 23.2 Å². The van der Waals surface area contributed by atoms with E-state index in [1.807, 2.05) is 73.5 Å². The third kappa shape index (κ3) is 6.74. The van der Waals surface area contributed by atoms with Crippen molar-refractivity contribution in [2.75, 3.05) is 26.2 Å². The number of aryl methyl sites for hydroxylation is 2. The van der Waals surface area contributed by atoms with E-state index in [0.29, 0.717) is 5.03 Å². The lowest BCUT2D eigenvalue weighted by molar-refractivity contribution is -0.122. The summed E-state index contributed by atoms with van der Waals surface area (Å²) in [5.74, 6) is -0.698. The van der Waals surface area contributed by atoms with Gasteiger partial charge in [0.15, 0.2) is 0 Å². The van der Waals surface area contributed by atoms with Crippen LogP contribution in [0.4, 0.5) is 0 Å². The molecule has 4 nitrogen and oxygen atoms in total. The lowest BCUT2D eigenvalue weighted by atomic mass is 9.89. The normalized spacial score (nSPS) is 15.7. The van der Waals surface area contributed by atoms with E-state index in [2.05, 4.69) is 34.6 Å². The van der Waals surface area contributed by atoms with Gasteiger partial charge in [0.2, 0.25) is 0 Å². The lowest BCUT2D eigenvalue weighted by Gasteiger charge is -2.34. The van der Waals surface area contributed by atoms with Gasteiger partial charge in [-0.15, -0.1) is 0 Å². The van der Waals surface area contributed by atoms with Gasteiger partial charge in [0.05, 0.1) is 5.03 Å². The first-order valence-corrected chi connectivity index (χ1v) is 12.7. The summed E-state index contributed by atoms with van der Waals surface area (Å²) in [5, 5.41) is 2.26. The molecule has 0 radical (unpaired) electrons. The number of carbonyl (C=O) groups is 1. The smallest absolute Gasteiger partial charge is 0.278 e. The number of amides is 1. The molecule has 4 rings (SSSR count). The van der Waals surface area contributed by atoms with Crippen molar-refractivity contribution in [2.45, 2.75) is 26.3 Å². The Morgan fingerprint density at radius 1 is 0.800 bits per heavy atom. The summed E-state index contributed by atoms with van der Waals surface area (Å²) in [4.78, 5) is 15.4. The van der Waals surface area contributed by atoms with Crippen LogP contribution < -0.4 is 5.43 Å². The summed E-state index contributed by atoms with van der Waals surface area (Å²) in [6, 6.07) is 26.8. The Bertz CT molecular complexity index is 1110. The summed E-state index contributed by atoms with van der Waals surface area (Å²) in [6.07, 6.45) is 0. The number of nitrogens with zero attached hydrogens (tertiary/aromatic N) is 2. The van der Waals surface area contributed by atoms with Crippen molar-refractivity contribution < 1.29 is 4.79 Å². The summed E-state index contributed by atoms with van der Waals surface area (Å²) in [6.45, 7) is 8.16. The van der Waals surface area contributed by atoms with Crippen molar-refractivity contribution in [3.63, 3.8) is 0 Å². The summed E-state index contributed by atoms with van der Waals surface area (Å²) < 4.78 is 0. The Kier molecular flexibility index (Phi) is 8.64. The van der Waals surface area contributed by atoms with Crippen molar-refractivity contribution in [1.29, 1.82) is 0 Å². The molecule has 1 fully saturated rings. The molecule has 1 heterocycles. The largest absolute Gasteiger partial charge is 0.296 e. The van der Waals surface area contributed by atoms with Crippen molar-refractivity contribution in [1.82, 2.24) is 15.3 Å². The minimum atomic E-state index is -0.377. The van der Waals surface area contributed by atoms with Gasteiger partial charge in [0, 0.05) is 38.6 Å². The molecular formula is C29H31Cl2N3O. The van der Waals surface area contributed by atoms with Gasteiger partial charge in [-0.3, -0.25) is 15.1 Å². The first-order chi connectivity index (χ1) is 16.9. The van der Waals surface area contributed by atoms with Crippen LogP contribution in [0.2, 0.25) is 0 Å². The number of hydrazine groups is 1. The third-order valence-corrected chi connectivity index (χ3v) is 7.24. The van der Waals surface area contributed by atoms with E-state index >= 15 is 0 Å². The average molecular weight is 508 g/mol. The fraction of sp³-hybridized carbons (Fsp3) is 0.276. The SMILES string of the molecule is Cc1ccc(C(/C(Cl)=C(\Cl)C(=O)NN2CCN(Cc3ccccc3)CC2)c2ccc(C)cc2)cc1. The Balaban J connectivity index is 1.45. The molecule has 6 heteroatoms.